The lowest BCUT2D eigenvalue weighted by Crippen LogP contribution is -2.11. The number of fused-ring (bicyclic) bond motifs is 2. The van der Waals surface area contributed by atoms with E-state index in [1.54, 1.807) is 0 Å². The van der Waals surface area contributed by atoms with Crippen molar-refractivity contribution >= 4 is 11.6 Å². The minimum atomic E-state index is -4.45. The van der Waals surface area contributed by atoms with Crippen molar-refractivity contribution in [2.24, 2.45) is 0 Å². The number of allylic oxidation sites excluding steroid dienone is 1. The first-order valence-corrected chi connectivity index (χ1v) is 9.26. The van der Waals surface area contributed by atoms with Gasteiger partial charge >= 0.3 is 6.18 Å². The zero-order chi connectivity index (χ0) is 19.3. The molecule has 0 atom stereocenters. The van der Waals surface area contributed by atoms with E-state index in [9.17, 15) is 13.2 Å². The normalized spacial score (nSPS) is 16.0. The minimum absolute atomic E-state index is 0.0473. The van der Waals surface area contributed by atoms with E-state index in [1.165, 1.54) is 10.2 Å². The molecule has 5 rings (SSSR count). The smallest absolute Gasteiger partial charge is 0.337 e. The Balaban J connectivity index is 1.42. The molecule has 0 amide bonds. The molecule has 0 fully saturated rings. The topological polar surface area (TPSA) is 56.7 Å². The molecule has 1 aromatic carbocycles. The monoisotopic (exact) mass is 386 g/mol. The van der Waals surface area contributed by atoms with Gasteiger partial charge in [0.2, 0.25) is 5.89 Å². The van der Waals surface area contributed by atoms with Crippen molar-refractivity contribution in [3.8, 4) is 0 Å². The number of benzene rings is 1. The molecule has 8 heteroatoms. The summed E-state index contributed by atoms with van der Waals surface area (Å²) in [4.78, 5) is 4.40. The van der Waals surface area contributed by atoms with E-state index in [-0.39, 0.29) is 12.4 Å². The summed E-state index contributed by atoms with van der Waals surface area (Å²) in [6, 6.07) is 8.03. The molecule has 2 heterocycles. The van der Waals surface area contributed by atoms with Crippen molar-refractivity contribution < 1.29 is 17.7 Å². The first-order chi connectivity index (χ1) is 13.5. The van der Waals surface area contributed by atoms with Crippen LogP contribution in [-0.2, 0) is 32.0 Å². The maximum Gasteiger partial charge on any atom is 0.435 e. The lowest BCUT2D eigenvalue weighted by molar-refractivity contribution is -0.142. The molecule has 0 unspecified atom stereocenters. The third kappa shape index (κ3) is 2.93. The van der Waals surface area contributed by atoms with E-state index >= 15 is 0 Å². The van der Waals surface area contributed by atoms with Crippen LogP contribution in [0.2, 0.25) is 0 Å². The molecule has 0 N–H and O–H groups in total. The second-order valence-corrected chi connectivity index (χ2v) is 7.19. The molecule has 3 aromatic rings. The first-order valence-electron chi connectivity index (χ1n) is 9.26. The Morgan fingerprint density at radius 2 is 1.93 bits per heavy atom. The van der Waals surface area contributed by atoms with Gasteiger partial charge in [-0.25, -0.2) is 0 Å². The molecule has 5 nitrogen and oxygen atoms in total. The Morgan fingerprint density at radius 3 is 2.75 bits per heavy atom. The van der Waals surface area contributed by atoms with E-state index in [0.717, 1.165) is 24.0 Å². The quantitative estimate of drug-likeness (QED) is 0.673. The largest absolute Gasteiger partial charge is 0.435 e. The third-order valence-corrected chi connectivity index (χ3v) is 5.33. The Bertz CT molecular complexity index is 1080. The molecule has 2 aliphatic carbocycles. The van der Waals surface area contributed by atoms with E-state index in [2.05, 4.69) is 21.3 Å². The molecule has 28 heavy (non-hydrogen) atoms. The van der Waals surface area contributed by atoms with Gasteiger partial charge < -0.3 is 4.52 Å². The molecular formula is C20H17F3N4O. The number of rotatable bonds is 3. The molecule has 0 aliphatic heterocycles. The Morgan fingerprint density at radius 1 is 1.11 bits per heavy atom. The molecule has 2 aliphatic rings. The van der Waals surface area contributed by atoms with Crippen LogP contribution in [0.15, 0.2) is 28.8 Å². The van der Waals surface area contributed by atoms with Gasteiger partial charge in [0.25, 0.3) is 0 Å². The van der Waals surface area contributed by atoms with Crippen molar-refractivity contribution in [2.75, 3.05) is 0 Å². The number of halogens is 3. The van der Waals surface area contributed by atoms with Gasteiger partial charge in [-0.2, -0.15) is 23.3 Å². The van der Waals surface area contributed by atoms with Crippen LogP contribution in [0.25, 0.3) is 11.6 Å². The standard InChI is InChI=1S/C20H17F3N4O/c21-20(22,23)18-15-7-3-4-8-16(15)27(25-18)11-17-24-19(26-28-17)14-9-12-5-1-2-6-13(12)10-14/h1-2,5-6,9H,3-4,7-8,10-11H2. The van der Waals surface area contributed by atoms with Crippen LogP contribution in [0.3, 0.4) is 0 Å². The highest BCUT2D eigenvalue weighted by Gasteiger charge is 2.39. The summed E-state index contributed by atoms with van der Waals surface area (Å²) in [5.41, 5.74) is 3.42. The van der Waals surface area contributed by atoms with Crippen molar-refractivity contribution in [3.63, 3.8) is 0 Å². The summed E-state index contributed by atoms with van der Waals surface area (Å²) >= 11 is 0. The van der Waals surface area contributed by atoms with Crippen LogP contribution >= 0.6 is 0 Å². The zero-order valence-electron chi connectivity index (χ0n) is 15.0. The number of hydrogen-bond acceptors (Lipinski definition) is 4. The van der Waals surface area contributed by atoms with E-state index in [1.807, 2.05) is 24.3 Å². The minimum Gasteiger partial charge on any atom is -0.337 e. The van der Waals surface area contributed by atoms with Gasteiger partial charge in [-0.05, 0) is 42.9 Å². The van der Waals surface area contributed by atoms with E-state index < -0.39 is 11.9 Å². The van der Waals surface area contributed by atoms with Gasteiger partial charge in [0.05, 0.1) is 0 Å². The van der Waals surface area contributed by atoms with Crippen LogP contribution in [0.4, 0.5) is 13.2 Å². The van der Waals surface area contributed by atoms with Crippen molar-refractivity contribution in [1.29, 1.82) is 0 Å². The van der Waals surface area contributed by atoms with Crippen LogP contribution in [0.5, 0.6) is 0 Å². The average Bonchev–Trinajstić information content (AvgIpc) is 3.38. The van der Waals surface area contributed by atoms with Crippen LogP contribution in [0, 0.1) is 0 Å². The molecule has 0 saturated heterocycles. The number of hydrogen-bond donors (Lipinski definition) is 0. The highest BCUT2D eigenvalue weighted by atomic mass is 19.4. The van der Waals surface area contributed by atoms with Crippen LogP contribution in [-0.4, -0.2) is 19.9 Å². The predicted octanol–water partition coefficient (Wildman–Crippen LogP) is 4.31. The fourth-order valence-corrected chi connectivity index (χ4v) is 4.03. The lowest BCUT2D eigenvalue weighted by Gasteiger charge is -2.14. The zero-order valence-corrected chi connectivity index (χ0v) is 15.0. The van der Waals surface area contributed by atoms with Gasteiger partial charge in [0.15, 0.2) is 11.5 Å². The fourth-order valence-electron chi connectivity index (χ4n) is 4.03. The number of alkyl halides is 3. The summed E-state index contributed by atoms with van der Waals surface area (Å²) in [6.07, 6.45) is 0.876. The van der Waals surface area contributed by atoms with Gasteiger partial charge in [-0.15, -0.1) is 0 Å². The van der Waals surface area contributed by atoms with Gasteiger partial charge in [-0.1, -0.05) is 29.4 Å². The average molecular weight is 386 g/mol. The van der Waals surface area contributed by atoms with Crippen LogP contribution in [0.1, 0.15) is 52.6 Å². The van der Waals surface area contributed by atoms with Crippen molar-refractivity contribution in [3.05, 3.63) is 64.1 Å². The number of aromatic nitrogens is 4. The van der Waals surface area contributed by atoms with Crippen LogP contribution < -0.4 is 0 Å². The fraction of sp³-hybridized carbons (Fsp3) is 0.350. The van der Waals surface area contributed by atoms with Gasteiger partial charge in [0.1, 0.15) is 6.54 Å². The molecule has 144 valence electrons. The number of nitrogens with zero attached hydrogens (tertiary/aromatic N) is 4. The summed E-state index contributed by atoms with van der Waals surface area (Å²) in [7, 11) is 0. The predicted molar refractivity (Wildman–Crippen MR) is 95.3 cm³/mol. The Kier molecular flexibility index (Phi) is 3.89. The molecular weight excluding hydrogens is 369 g/mol. The van der Waals surface area contributed by atoms with Crippen molar-refractivity contribution in [1.82, 2.24) is 19.9 Å². The first kappa shape index (κ1) is 17.2. The van der Waals surface area contributed by atoms with E-state index in [0.29, 0.717) is 36.3 Å². The maximum absolute atomic E-state index is 13.3. The Hall–Kier alpha value is -2.90. The molecule has 0 spiro atoms. The summed E-state index contributed by atoms with van der Waals surface area (Å²) < 4.78 is 46.7. The van der Waals surface area contributed by atoms with E-state index in [4.69, 9.17) is 4.52 Å². The second kappa shape index (κ2) is 6.32. The second-order valence-electron chi connectivity index (χ2n) is 7.19. The molecule has 0 saturated carbocycles. The summed E-state index contributed by atoms with van der Waals surface area (Å²) in [5, 5.41) is 7.87. The summed E-state index contributed by atoms with van der Waals surface area (Å²) in [6.45, 7) is 0.0473. The molecule has 0 bridgehead atoms. The van der Waals surface area contributed by atoms with Gasteiger partial charge in [0, 0.05) is 23.3 Å². The lowest BCUT2D eigenvalue weighted by atomic mass is 9.95. The third-order valence-electron chi connectivity index (χ3n) is 5.33. The van der Waals surface area contributed by atoms with Crippen molar-refractivity contribution in [2.45, 2.75) is 44.8 Å². The molecule has 0 radical (unpaired) electrons. The Labute approximate surface area is 158 Å². The summed E-state index contributed by atoms with van der Waals surface area (Å²) in [5.74, 6) is 0.736. The highest BCUT2D eigenvalue weighted by Crippen LogP contribution is 2.36. The van der Waals surface area contributed by atoms with Gasteiger partial charge in [-0.3, -0.25) is 4.68 Å². The molecule has 2 aromatic heterocycles. The highest BCUT2D eigenvalue weighted by molar-refractivity contribution is 5.86. The maximum atomic E-state index is 13.3. The SMILES string of the molecule is FC(F)(F)c1nn(Cc2nc(C3=Cc4ccccc4C3)no2)c2c1CCCC2.